The minimum absolute atomic E-state index is 0.00000944. The lowest BCUT2D eigenvalue weighted by molar-refractivity contribution is -0.245. The van der Waals surface area contributed by atoms with Gasteiger partial charge >= 0.3 is 17.9 Å². The van der Waals surface area contributed by atoms with Crippen molar-refractivity contribution >= 4 is 11.9 Å². The summed E-state index contributed by atoms with van der Waals surface area (Å²) in [7, 11) is 0. The summed E-state index contributed by atoms with van der Waals surface area (Å²) in [4.78, 5) is 25.8. The van der Waals surface area contributed by atoms with Crippen molar-refractivity contribution in [3.8, 4) is 0 Å². The van der Waals surface area contributed by atoms with E-state index in [0.29, 0.717) is 37.7 Å². The lowest BCUT2D eigenvalue weighted by Gasteiger charge is -2.63. The molecule has 8 fully saturated rings. The molecule has 0 spiro atoms. The van der Waals surface area contributed by atoms with Crippen LogP contribution in [0.15, 0.2) is 0 Å². The number of ether oxygens (including phenoxy) is 3. The third-order valence-corrected chi connectivity index (χ3v) is 11.6. The van der Waals surface area contributed by atoms with E-state index in [2.05, 4.69) is 0 Å². The first-order valence-corrected chi connectivity index (χ1v) is 14.5. The average Bonchev–Trinajstić information content (AvgIpc) is 2.84. The Kier molecular flexibility index (Phi) is 6.20. The lowest BCUT2D eigenvalue weighted by Crippen LogP contribution is -2.64. The molecule has 0 aromatic carbocycles. The molecule has 0 aromatic heterocycles. The van der Waals surface area contributed by atoms with Crippen LogP contribution in [0.2, 0.25) is 0 Å². The maximum Gasteiger partial charge on any atom is 0.377 e. The first-order chi connectivity index (χ1) is 17.2. The number of carbonyl (C=O) groups excluding carboxylic acids is 2. The molecule has 0 aliphatic heterocycles. The normalized spacial score (nSPS) is 46.2. The molecule has 2 atom stereocenters. The fraction of sp³-hybridized carbons (Fsp3) is 0.931. The second-order valence-corrected chi connectivity index (χ2v) is 13.4. The highest BCUT2D eigenvalue weighted by Crippen LogP contribution is 2.66. The molecule has 202 valence electrons. The van der Waals surface area contributed by atoms with E-state index in [1.165, 1.54) is 39.0 Å². The Morgan fingerprint density at radius 3 is 2.03 bits per heavy atom. The predicted octanol–water partition coefficient (Wildman–Crippen LogP) is 6.14. The van der Waals surface area contributed by atoms with Gasteiger partial charge in [0.2, 0.25) is 0 Å². The molecule has 8 saturated carbocycles. The maximum atomic E-state index is 14.1. The maximum absolute atomic E-state index is 14.1. The molecular formula is C29H42F2O5. The van der Waals surface area contributed by atoms with Crippen LogP contribution in [0.5, 0.6) is 0 Å². The van der Waals surface area contributed by atoms with E-state index in [-0.39, 0.29) is 24.6 Å². The summed E-state index contributed by atoms with van der Waals surface area (Å²) in [5.74, 6) is -0.848. The fourth-order valence-electron chi connectivity index (χ4n) is 10.3. The SMILES string of the molecule is CCC(F)(F)C(=O)OC1(CC)C2CC3CC1CC(C(=O)OCOCC1C4CC5CC(C4)CC1C5)(C3)C2. The number of carbonyl (C=O) groups is 2. The molecule has 8 rings (SSSR count). The zero-order valence-electron chi connectivity index (χ0n) is 21.8. The van der Waals surface area contributed by atoms with E-state index < -0.39 is 29.3 Å². The molecule has 2 unspecified atom stereocenters. The second-order valence-electron chi connectivity index (χ2n) is 13.4. The Hall–Kier alpha value is -1.24. The van der Waals surface area contributed by atoms with Crippen molar-refractivity contribution in [2.75, 3.05) is 13.4 Å². The third kappa shape index (κ3) is 3.92. The molecule has 8 bridgehead atoms. The van der Waals surface area contributed by atoms with Crippen LogP contribution in [-0.4, -0.2) is 36.9 Å². The summed E-state index contributed by atoms with van der Waals surface area (Å²) in [6, 6.07) is 0. The Labute approximate surface area is 213 Å². The van der Waals surface area contributed by atoms with Gasteiger partial charge in [0.15, 0.2) is 6.79 Å². The molecule has 8 aliphatic carbocycles. The van der Waals surface area contributed by atoms with E-state index in [1.807, 2.05) is 6.92 Å². The van der Waals surface area contributed by atoms with E-state index >= 15 is 0 Å². The molecule has 0 saturated heterocycles. The third-order valence-electron chi connectivity index (χ3n) is 11.6. The topological polar surface area (TPSA) is 61.8 Å². The highest BCUT2D eigenvalue weighted by molar-refractivity contribution is 5.79. The zero-order chi connectivity index (χ0) is 25.3. The summed E-state index contributed by atoms with van der Waals surface area (Å²) in [5.41, 5.74) is -1.49. The summed E-state index contributed by atoms with van der Waals surface area (Å²) in [6.45, 7) is 3.90. The van der Waals surface area contributed by atoms with Crippen LogP contribution in [-0.2, 0) is 23.8 Å². The Morgan fingerprint density at radius 2 is 1.47 bits per heavy atom. The van der Waals surface area contributed by atoms with E-state index in [0.717, 1.165) is 42.9 Å². The number of rotatable bonds is 9. The number of esters is 2. The Bertz CT molecular complexity index is 843. The molecule has 0 amide bonds. The molecule has 0 radical (unpaired) electrons. The van der Waals surface area contributed by atoms with Crippen molar-refractivity contribution in [3.05, 3.63) is 0 Å². The average molecular weight is 509 g/mol. The molecule has 0 heterocycles. The molecule has 0 aromatic rings. The van der Waals surface area contributed by atoms with Gasteiger partial charge in [0.1, 0.15) is 5.60 Å². The van der Waals surface area contributed by atoms with E-state index in [4.69, 9.17) is 14.2 Å². The van der Waals surface area contributed by atoms with Crippen molar-refractivity contribution < 1.29 is 32.6 Å². The zero-order valence-corrected chi connectivity index (χ0v) is 21.8. The quantitative estimate of drug-likeness (QED) is 0.213. The summed E-state index contributed by atoms with van der Waals surface area (Å²) >= 11 is 0. The van der Waals surface area contributed by atoms with Crippen molar-refractivity contribution in [2.45, 2.75) is 102 Å². The largest absolute Gasteiger partial charge is 0.454 e. The van der Waals surface area contributed by atoms with Gasteiger partial charge in [-0.2, -0.15) is 8.78 Å². The minimum atomic E-state index is -3.47. The van der Waals surface area contributed by atoms with Gasteiger partial charge in [0.25, 0.3) is 0 Å². The highest BCUT2D eigenvalue weighted by atomic mass is 19.3. The van der Waals surface area contributed by atoms with Crippen molar-refractivity contribution in [1.82, 2.24) is 0 Å². The van der Waals surface area contributed by atoms with Crippen molar-refractivity contribution in [2.24, 2.45) is 52.8 Å². The van der Waals surface area contributed by atoms with Gasteiger partial charge in [-0.1, -0.05) is 13.8 Å². The van der Waals surface area contributed by atoms with E-state index in [1.54, 1.807) is 0 Å². The second kappa shape index (κ2) is 8.91. The van der Waals surface area contributed by atoms with Crippen LogP contribution in [0.25, 0.3) is 0 Å². The van der Waals surface area contributed by atoms with Gasteiger partial charge in [0.05, 0.1) is 12.0 Å². The number of hydrogen-bond donors (Lipinski definition) is 0. The van der Waals surface area contributed by atoms with Crippen LogP contribution >= 0.6 is 0 Å². The van der Waals surface area contributed by atoms with Gasteiger partial charge in [-0.15, -0.1) is 0 Å². The smallest absolute Gasteiger partial charge is 0.377 e. The fourth-order valence-corrected chi connectivity index (χ4v) is 10.3. The molecule has 8 aliphatic rings. The van der Waals surface area contributed by atoms with Gasteiger partial charge < -0.3 is 14.2 Å². The van der Waals surface area contributed by atoms with Gasteiger partial charge in [-0.3, -0.25) is 4.79 Å². The summed E-state index contributed by atoms with van der Waals surface area (Å²) in [5, 5.41) is 0. The Balaban J connectivity index is 1.06. The first kappa shape index (κ1) is 25.1. The van der Waals surface area contributed by atoms with Crippen molar-refractivity contribution in [1.29, 1.82) is 0 Å². The molecule has 5 nitrogen and oxygen atoms in total. The molecule has 7 heteroatoms. The van der Waals surface area contributed by atoms with Gasteiger partial charge in [0, 0.05) is 18.3 Å². The summed E-state index contributed by atoms with van der Waals surface area (Å²) in [6.07, 6.45) is 10.3. The first-order valence-electron chi connectivity index (χ1n) is 14.5. The van der Waals surface area contributed by atoms with Crippen molar-refractivity contribution in [3.63, 3.8) is 0 Å². The molecule has 36 heavy (non-hydrogen) atoms. The lowest BCUT2D eigenvalue weighted by atomic mass is 9.44. The van der Waals surface area contributed by atoms with Crippen LogP contribution in [0.4, 0.5) is 8.78 Å². The summed E-state index contributed by atoms with van der Waals surface area (Å²) < 4.78 is 45.6. The molecular weight excluding hydrogens is 466 g/mol. The van der Waals surface area contributed by atoms with Crippen LogP contribution < -0.4 is 0 Å². The number of alkyl halides is 2. The predicted molar refractivity (Wildman–Crippen MR) is 128 cm³/mol. The van der Waals surface area contributed by atoms with E-state index in [9.17, 15) is 18.4 Å². The molecule has 0 N–H and O–H groups in total. The van der Waals surface area contributed by atoms with Crippen LogP contribution in [0.3, 0.4) is 0 Å². The number of halogens is 2. The van der Waals surface area contributed by atoms with Gasteiger partial charge in [-0.25, -0.2) is 4.79 Å². The van der Waals surface area contributed by atoms with Crippen LogP contribution in [0.1, 0.15) is 90.9 Å². The highest BCUT2D eigenvalue weighted by Gasteiger charge is 2.66. The van der Waals surface area contributed by atoms with Gasteiger partial charge in [-0.05, 0) is 106 Å². The monoisotopic (exact) mass is 508 g/mol. The van der Waals surface area contributed by atoms with Crippen LogP contribution in [0, 0.1) is 52.8 Å². The number of hydrogen-bond acceptors (Lipinski definition) is 5. The Morgan fingerprint density at radius 1 is 0.861 bits per heavy atom. The minimum Gasteiger partial charge on any atom is -0.454 e. The standard InChI is InChI=1S/C29H42F2O5/c1-3-28(36-26(33)29(30,31)4-2)22-10-19-11-23(28)14-27(12-19,13-22)25(32)35-16-34-15-24-20-6-17-5-18(8-20)9-21(24)7-17/h17-24H,3-16H2,1-2H3.